The van der Waals surface area contributed by atoms with Gasteiger partial charge in [0.25, 0.3) is 0 Å². The monoisotopic (exact) mass is 353 g/mol. The van der Waals surface area contributed by atoms with Gasteiger partial charge in [-0.15, -0.1) is 0 Å². The Morgan fingerprint density at radius 3 is 3.00 bits per heavy atom. The van der Waals surface area contributed by atoms with Gasteiger partial charge >= 0.3 is 0 Å². The van der Waals surface area contributed by atoms with Crippen molar-refractivity contribution in [1.29, 1.82) is 0 Å². The fourth-order valence-electron chi connectivity index (χ4n) is 2.94. The summed E-state index contributed by atoms with van der Waals surface area (Å²) >= 11 is 0. The molecule has 7 heteroatoms. The summed E-state index contributed by atoms with van der Waals surface area (Å²) in [5, 5.41) is 0. The average molecular weight is 353 g/mol. The van der Waals surface area contributed by atoms with Crippen molar-refractivity contribution < 1.29 is 18.9 Å². The highest BCUT2D eigenvalue weighted by Crippen LogP contribution is 2.43. The zero-order chi connectivity index (χ0) is 17.9. The maximum Gasteiger partial charge on any atom is 0.231 e. The lowest BCUT2D eigenvalue weighted by Gasteiger charge is -2.17. The van der Waals surface area contributed by atoms with Gasteiger partial charge in [-0.25, -0.2) is 4.98 Å². The summed E-state index contributed by atoms with van der Waals surface area (Å²) in [4.78, 5) is 8.56. The number of rotatable bonds is 6. The quantitative estimate of drug-likeness (QED) is 0.678. The number of benzene rings is 1. The fraction of sp³-hybridized carbons (Fsp3) is 0.263. The van der Waals surface area contributed by atoms with Crippen LogP contribution in [0.2, 0.25) is 0 Å². The minimum atomic E-state index is -0.0527. The molecule has 4 rings (SSSR count). The van der Waals surface area contributed by atoms with Gasteiger partial charge in [0.05, 0.1) is 19.9 Å². The first-order chi connectivity index (χ1) is 12.7. The first-order valence-corrected chi connectivity index (χ1v) is 8.30. The van der Waals surface area contributed by atoms with E-state index in [9.17, 15) is 0 Å². The molecule has 3 aromatic rings. The van der Waals surface area contributed by atoms with Crippen molar-refractivity contribution in [2.45, 2.75) is 19.6 Å². The fourth-order valence-corrected chi connectivity index (χ4v) is 2.94. The van der Waals surface area contributed by atoms with Gasteiger partial charge in [-0.05, 0) is 31.2 Å². The second-order valence-corrected chi connectivity index (χ2v) is 5.93. The summed E-state index contributed by atoms with van der Waals surface area (Å²) in [5.74, 6) is 3.47. The highest BCUT2D eigenvalue weighted by Gasteiger charge is 2.22. The zero-order valence-electron chi connectivity index (χ0n) is 14.6. The maximum absolute atomic E-state index is 5.92. The summed E-state index contributed by atoms with van der Waals surface area (Å²) in [6.07, 6.45) is 7.06. The number of pyridine rings is 1. The van der Waals surface area contributed by atoms with Crippen LogP contribution >= 0.6 is 0 Å². The van der Waals surface area contributed by atoms with Crippen molar-refractivity contribution >= 4 is 0 Å². The van der Waals surface area contributed by atoms with Crippen LogP contribution in [0.4, 0.5) is 0 Å². The van der Waals surface area contributed by atoms with Crippen LogP contribution in [-0.4, -0.2) is 34.5 Å². The SMILES string of the molecule is COc1cc(-c2nccn2C[C@H](C)Oc2cccnc2)cc2c1OCO2. The highest BCUT2D eigenvalue weighted by atomic mass is 16.7. The van der Waals surface area contributed by atoms with E-state index in [1.54, 1.807) is 25.7 Å². The third-order valence-electron chi connectivity index (χ3n) is 4.06. The number of imidazole rings is 1. The zero-order valence-corrected chi connectivity index (χ0v) is 14.6. The Morgan fingerprint density at radius 2 is 2.19 bits per heavy atom. The molecule has 0 fully saturated rings. The van der Waals surface area contributed by atoms with Gasteiger partial charge in [-0.1, -0.05) is 0 Å². The van der Waals surface area contributed by atoms with Gasteiger partial charge in [0.2, 0.25) is 12.5 Å². The van der Waals surface area contributed by atoms with Crippen molar-refractivity contribution in [3.05, 3.63) is 49.1 Å². The van der Waals surface area contributed by atoms with E-state index in [0.29, 0.717) is 23.8 Å². The van der Waals surface area contributed by atoms with Crippen LogP contribution in [-0.2, 0) is 6.54 Å². The number of methoxy groups -OCH3 is 1. The van der Waals surface area contributed by atoms with E-state index in [1.807, 2.05) is 42.0 Å². The summed E-state index contributed by atoms with van der Waals surface area (Å²) in [7, 11) is 1.61. The first kappa shape index (κ1) is 16.3. The molecule has 134 valence electrons. The van der Waals surface area contributed by atoms with Crippen molar-refractivity contribution in [1.82, 2.24) is 14.5 Å². The molecule has 0 saturated heterocycles. The van der Waals surface area contributed by atoms with Crippen molar-refractivity contribution in [3.8, 4) is 34.4 Å². The molecule has 1 atom stereocenters. The van der Waals surface area contributed by atoms with E-state index in [-0.39, 0.29) is 12.9 Å². The smallest absolute Gasteiger partial charge is 0.231 e. The van der Waals surface area contributed by atoms with E-state index < -0.39 is 0 Å². The van der Waals surface area contributed by atoms with Crippen molar-refractivity contribution in [2.75, 3.05) is 13.9 Å². The lowest BCUT2D eigenvalue weighted by atomic mass is 10.1. The molecule has 0 amide bonds. The molecule has 7 nitrogen and oxygen atoms in total. The van der Waals surface area contributed by atoms with Gasteiger partial charge in [-0.3, -0.25) is 4.98 Å². The molecule has 0 radical (unpaired) electrons. The molecule has 0 spiro atoms. The number of fused-ring (bicyclic) bond motifs is 1. The van der Waals surface area contributed by atoms with Crippen molar-refractivity contribution in [2.24, 2.45) is 0 Å². The Bertz CT molecular complexity index is 895. The minimum Gasteiger partial charge on any atom is -0.493 e. The molecule has 1 aromatic carbocycles. The highest BCUT2D eigenvalue weighted by molar-refractivity contribution is 5.67. The molecule has 2 aromatic heterocycles. The molecule has 0 unspecified atom stereocenters. The summed E-state index contributed by atoms with van der Waals surface area (Å²) < 4.78 is 24.3. The van der Waals surface area contributed by atoms with E-state index in [0.717, 1.165) is 17.1 Å². The van der Waals surface area contributed by atoms with Crippen LogP contribution in [0.25, 0.3) is 11.4 Å². The molecule has 0 N–H and O–H groups in total. The molecule has 0 saturated carbocycles. The van der Waals surface area contributed by atoms with Crippen LogP contribution in [0.1, 0.15) is 6.92 Å². The second-order valence-electron chi connectivity index (χ2n) is 5.93. The standard InChI is InChI=1S/C19H19N3O4/c1-13(26-15-4-3-5-20-10-15)11-22-7-6-21-19(22)14-8-16(23-2)18-17(9-14)24-12-25-18/h3-10,13H,11-12H2,1-2H3/t13-/m0/s1. The number of aromatic nitrogens is 3. The first-order valence-electron chi connectivity index (χ1n) is 8.30. The van der Waals surface area contributed by atoms with Crippen LogP contribution < -0.4 is 18.9 Å². The molecule has 1 aliphatic rings. The molecule has 26 heavy (non-hydrogen) atoms. The number of hydrogen-bond donors (Lipinski definition) is 0. The maximum atomic E-state index is 5.92. The average Bonchev–Trinajstić information content (AvgIpc) is 3.30. The van der Waals surface area contributed by atoms with Crippen LogP contribution in [0, 0.1) is 0 Å². The topological polar surface area (TPSA) is 67.6 Å². The van der Waals surface area contributed by atoms with Crippen LogP contribution in [0.15, 0.2) is 49.1 Å². The van der Waals surface area contributed by atoms with E-state index in [1.165, 1.54) is 0 Å². The lowest BCUT2D eigenvalue weighted by molar-refractivity contribution is 0.171. The van der Waals surface area contributed by atoms with E-state index in [4.69, 9.17) is 18.9 Å². The van der Waals surface area contributed by atoms with Crippen molar-refractivity contribution in [3.63, 3.8) is 0 Å². The second kappa shape index (κ2) is 6.95. The number of hydrogen-bond acceptors (Lipinski definition) is 6. The Kier molecular flexibility index (Phi) is 4.35. The number of nitrogens with zero attached hydrogens (tertiary/aromatic N) is 3. The Balaban J connectivity index is 1.57. The number of ether oxygens (including phenoxy) is 4. The third kappa shape index (κ3) is 3.15. The largest absolute Gasteiger partial charge is 0.493 e. The Morgan fingerprint density at radius 1 is 1.27 bits per heavy atom. The lowest BCUT2D eigenvalue weighted by Crippen LogP contribution is -2.19. The molecular weight excluding hydrogens is 334 g/mol. The molecule has 1 aliphatic heterocycles. The van der Waals surface area contributed by atoms with Crippen LogP contribution in [0.5, 0.6) is 23.0 Å². The normalized spacial score (nSPS) is 13.5. The predicted molar refractivity (Wildman–Crippen MR) is 94.7 cm³/mol. The summed E-state index contributed by atoms with van der Waals surface area (Å²) in [6, 6.07) is 7.56. The van der Waals surface area contributed by atoms with Gasteiger partial charge in [0.1, 0.15) is 17.7 Å². The van der Waals surface area contributed by atoms with E-state index in [2.05, 4.69) is 9.97 Å². The third-order valence-corrected chi connectivity index (χ3v) is 4.06. The van der Waals surface area contributed by atoms with Gasteiger partial charge in [-0.2, -0.15) is 0 Å². The summed E-state index contributed by atoms with van der Waals surface area (Å²) in [5.41, 5.74) is 0.893. The summed E-state index contributed by atoms with van der Waals surface area (Å²) in [6.45, 7) is 2.84. The van der Waals surface area contributed by atoms with Gasteiger partial charge in [0.15, 0.2) is 11.5 Å². The predicted octanol–water partition coefficient (Wildman–Crippen LogP) is 3.15. The van der Waals surface area contributed by atoms with Gasteiger partial charge in [0, 0.05) is 24.2 Å². The molecule has 3 heterocycles. The minimum absolute atomic E-state index is 0.0527. The van der Waals surface area contributed by atoms with Crippen LogP contribution in [0.3, 0.4) is 0 Å². The molecular formula is C19H19N3O4. The molecule has 0 bridgehead atoms. The molecule has 0 aliphatic carbocycles. The van der Waals surface area contributed by atoms with Gasteiger partial charge < -0.3 is 23.5 Å². The Labute approximate surface area is 151 Å². The van der Waals surface area contributed by atoms with E-state index >= 15 is 0 Å². The Hall–Kier alpha value is -3.22.